The molecular formula is C24H18NO2+. The Bertz CT molecular complexity index is 1080. The van der Waals surface area contributed by atoms with E-state index in [1.807, 2.05) is 97.1 Å². The highest BCUT2D eigenvalue weighted by atomic mass is 16.4. The smallest absolute Gasteiger partial charge is 0.401 e. The number of aromatic carboxylic acids is 1. The van der Waals surface area contributed by atoms with E-state index in [2.05, 4.69) is 0 Å². The maximum Gasteiger partial charge on any atom is 0.401 e. The molecule has 1 aromatic heterocycles. The first-order valence-corrected chi connectivity index (χ1v) is 8.74. The molecule has 4 aromatic rings. The van der Waals surface area contributed by atoms with E-state index < -0.39 is 5.97 Å². The van der Waals surface area contributed by atoms with Crippen molar-refractivity contribution in [3.05, 3.63) is 109 Å². The van der Waals surface area contributed by atoms with E-state index >= 15 is 0 Å². The normalized spacial score (nSPS) is 10.5. The van der Waals surface area contributed by atoms with Crippen molar-refractivity contribution in [1.29, 1.82) is 0 Å². The average molecular weight is 352 g/mol. The molecule has 1 heterocycles. The Morgan fingerprint density at radius 3 is 1.70 bits per heavy atom. The molecule has 0 saturated heterocycles. The summed E-state index contributed by atoms with van der Waals surface area (Å²) in [7, 11) is 0. The van der Waals surface area contributed by atoms with E-state index in [1.165, 1.54) is 0 Å². The molecule has 0 atom stereocenters. The minimum Gasteiger partial charge on any atom is -0.473 e. The summed E-state index contributed by atoms with van der Waals surface area (Å²) < 4.78 is 1.80. The third-order valence-corrected chi connectivity index (χ3v) is 4.48. The van der Waals surface area contributed by atoms with Crippen LogP contribution in [0.4, 0.5) is 0 Å². The third-order valence-electron chi connectivity index (χ3n) is 4.48. The van der Waals surface area contributed by atoms with Crippen LogP contribution < -0.4 is 4.57 Å². The van der Waals surface area contributed by atoms with Gasteiger partial charge in [-0.25, -0.2) is 4.79 Å². The Kier molecular flexibility index (Phi) is 4.50. The summed E-state index contributed by atoms with van der Waals surface area (Å²) >= 11 is 0. The molecule has 0 aliphatic carbocycles. The highest BCUT2D eigenvalue weighted by molar-refractivity contribution is 5.87. The molecule has 4 rings (SSSR count). The van der Waals surface area contributed by atoms with Gasteiger partial charge in [0.2, 0.25) is 11.4 Å². The SMILES string of the molecule is O=C(O)c1cc(-c2ccccc2)cc(-c2ccccc2)[n+]1-c1ccccc1. The van der Waals surface area contributed by atoms with Crippen LogP contribution in [0.2, 0.25) is 0 Å². The van der Waals surface area contributed by atoms with Crippen molar-refractivity contribution < 1.29 is 14.5 Å². The molecular weight excluding hydrogens is 334 g/mol. The number of nitrogens with zero attached hydrogens (tertiary/aromatic N) is 1. The van der Waals surface area contributed by atoms with Crippen LogP contribution in [0.5, 0.6) is 0 Å². The minimum absolute atomic E-state index is 0.224. The van der Waals surface area contributed by atoms with Crippen LogP contribution in [-0.2, 0) is 0 Å². The zero-order chi connectivity index (χ0) is 18.6. The first-order valence-electron chi connectivity index (χ1n) is 8.74. The highest BCUT2D eigenvalue weighted by Crippen LogP contribution is 2.26. The molecule has 0 aliphatic heterocycles. The van der Waals surface area contributed by atoms with E-state index in [-0.39, 0.29) is 5.69 Å². The molecule has 27 heavy (non-hydrogen) atoms. The second-order valence-corrected chi connectivity index (χ2v) is 6.22. The van der Waals surface area contributed by atoms with Gasteiger partial charge < -0.3 is 5.11 Å². The fourth-order valence-corrected chi connectivity index (χ4v) is 3.23. The lowest BCUT2D eigenvalue weighted by molar-refractivity contribution is -0.587. The molecule has 0 saturated carbocycles. The molecule has 1 N–H and O–H groups in total. The van der Waals surface area contributed by atoms with E-state index in [0.29, 0.717) is 0 Å². The van der Waals surface area contributed by atoms with Gasteiger partial charge in [0.05, 0.1) is 0 Å². The van der Waals surface area contributed by atoms with Crippen LogP contribution in [0.1, 0.15) is 10.5 Å². The molecule has 0 amide bonds. The summed E-state index contributed by atoms with van der Waals surface area (Å²) in [6.07, 6.45) is 0. The number of carbonyl (C=O) groups is 1. The molecule has 0 radical (unpaired) electrons. The molecule has 0 spiro atoms. The van der Waals surface area contributed by atoms with Crippen LogP contribution >= 0.6 is 0 Å². The Hall–Kier alpha value is -3.72. The molecule has 3 heteroatoms. The molecule has 0 unspecified atom stereocenters. The maximum absolute atomic E-state index is 12.1. The van der Waals surface area contributed by atoms with Crippen LogP contribution in [0.25, 0.3) is 28.1 Å². The summed E-state index contributed by atoms with van der Waals surface area (Å²) in [5.74, 6) is -0.964. The van der Waals surface area contributed by atoms with Gasteiger partial charge in [0.1, 0.15) is 0 Å². The number of pyridine rings is 1. The predicted octanol–water partition coefficient (Wildman–Crippen LogP) is 5.00. The number of benzene rings is 3. The van der Waals surface area contributed by atoms with Crippen LogP contribution in [0, 0.1) is 0 Å². The number of hydrogen-bond acceptors (Lipinski definition) is 1. The van der Waals surface area contributed by atoms with Crippen LogP contribution in [0.15, 0.2) is 103 Å². The lowest BCUT2D eigenvalue weighted by Gasteiger charge is -2.10. The molecule has 0 aliphatic rings. The second kappa shape index (κ2) is 7.26. The fourth-order valence-electron chi connectivity index (χ4n) is 3.23. The maximum atomic E-state index is 12.1. The lowest BCUT2D eigenvalue weighted by Crippen LogP contribution is -2.40. The topological polar surface area (TPSA) is 41.2 Å². The molecule has 3 aromatic carbocycles. The zero-order valence-electron chi connectivity index (χ0n) is 14.6. The summed E-state index contributed by atoms with van der Waals surface area (Å²) in [6.45, 7) is 0. The zero-order valence-corrected chi connectivity index (χ0v) is 14.6. The van der Waals surface area contributed by atoms with Gasteiger partial charge in [0, 0.05) is 29.8 Å². The Morgan fingerprint density at radius 2 is 1.15 bits per heavy atom. The number of rotatable bonds is 4. The third kappa shape index (κ3) is 3.35. The Balaban J connectivity index is 2.06. The number of aromatic nitrogens is 1. The summed E-state index contributed by atoms with van der Waals surface area (Å²) in [6, 6.07) is 33.1. The average Bonchev–Trinajstić information content (AvgIpc) is 2.74. The van der Waals surface area contributed by atoms with E-state index in [9.17, 15) is 9.90 Å². The Morgan fingerprint density at radius 1 is 0.630 bits per heavy atom. The number of para-hydroxylation sites is 1. The van der Waals surface area contributed by atoms with Crippen molar-refractivity contribution in [2.75, 3.05) is 0 Å². The van der Waals surface area contributed by atoms with Crippen molar-refractivity contribution in [2.45, 2.75) is 0 Å². The van der Waals surface area contributed by atoms with Gasteiger partial charge >= 0.3 is 5.97 Å². The van der Waals surface area contributed by atoms with Crippen molar-refractivity contribution in [3.63, 3.8) is 0 Å². The van der Waals surface area contributed by atoms with Crippen LogP contribution in [-0.4, -0.2) is 11.1 Å². The number of hydrogen-bond donors (Lipinski definition) is 1. The largest absolute Gasteiger partial charge is 0.473 e. The van der Waals surface area contributed by atoms with Gasteiger partial charge in [-0.05, 0) is 23.3 Å². The lowest BCUT2D eigenvalue weighted by atomic mass is 10.0. The number of carboxylic acids is 1. The van der Waals surface area contributed by atoms with Gasteiger partial charge in [-0.1, -0.05) is 66.7 Å². The van der Waals surface area contributed by atoms with E-state index in [0.717, 1.165) is 28.1 Å². The van der Waals surface area contributed by atoms with Gasteiger partial charge in [-0.3, -0.25) is 0 Å². The highest BCUT2D eigenvalue weighted by Gasteiger charge is 2.27. The van der Waals surface area contributed by atoms with E-state index in [4.69, 9.17) is 0 Å². The van der Waals surface area contributed by atoms with E-state index in [1.54, 1.807) is 10.6 Å². The summed E-state index contributed by atoms with van der Waals surface area (Å²) in [4.78, 5) is 12.1. The van der Waals surface area contributed by atoms with Crippen molar-refractivity contribution in [1.82, 2.24) is 0 Å². The summed E-state index contributed by atoms with van der Waals surface area (Å²) in [5.41, 5.74) is 4.69. The van der Waals surface area contributed by atoms with Crippen LogP contribution in [0.3, 0.4) is 0 Å². The van der Waals surface area contributed by atoms with Crippen molar-refractivity contribution >= 4 is 5.97 Å². The van der Waals surface area contributed by atoms with Crippen molar-refractivity contribution in [3.8, 4) is 28.1 Å². The molecule has 0 bridgehead atoms. The second-order valence-electron chi connectivity index (χ2n) is 6.22. The molecule has 130 valence electrons. The number of carboxylic acid groups (broad SMARTS) is 1. The van der Waals surface area contributed by atoms with Gasteiger partial charge in [-0.2, -0.15) is 0 Å². The molecule has 3 nitrogen and oxygen atoms in total. The Labute approximate surface area is 157 Å². The molecule has 0 fully saturated rings. The first kappa shape index (κ1) is 16.7. The fraction of sp³-hybridized carbons (Fsp3) is 0. The predicted molar refractivity (Wildman–Crippen MR) is 106 cm³/mol. The quantitative estimate of drug-likeness (QED) is 0.525. The van der Waals surface area contributed by atoms with Gasteiger partial charge in [0.15, 0.2) is 0 Å². The van der Waals surface area contributed by atoms with Crippen molar-refractivity contribution in [2.24, 2.45) is 0 Å². The van der Waals surface area contributed by atoms with Gasteiger partial charge in [-0.15, -0.1) is 4.57 Å². The standard InChI is InChI=1S/C24H17NO2/c26-24(27)23-17-20(18-10-4-1-5-11-18)16-22(19-12-6-2-7-13-19)25(23)21-14-8-3-9-15-21/h1-17H/p+1. The monoisotopic (exact) mass is 352 g/mol. The summed E-state index contributed by atoms with van der Waals surface area (Å²) in [5, 5.41) is 9.95. The van der Waals surface area contributed by atoms with Gasteiger partial charge in [0.25, 0.3) is 5.69 Å². The minimum atomic E-state index is -0.964. The first-order chi connectivity index (χ1) is 13.2.